The lowest BCUT2D eigenvalue weighted by molar-refractivity contribution is 0.0578. The third-order valence-electron chi connectivity index (χ3n) is 5.39. The minimum Gasteiger partial charge on any atom is -0.378 e. The van der Waals surface area contributed by atoms with Crippen molar-refractivity contribution in [3.05, 3.63) is 39.2 Å². The second-order valence-electron chi connectivity index (χ2n) is 7.24. The van der Waals surface area contributed by atoms with Gasteiger partial charge in [-0.2, -0.15) is 0 Å². The molecule has 5 rings (SSSR count). The number of morpholine rings is 2. The Bertz CT molecular complexity index is 1100. The molecule has 5 heterocycles. The van der Waals surface area contributed by atoms with E-state index in [0.29, 0.717) is 0 Å². The summed E-state index contributed by atoms with van der Waals surface area (Å²) in [5, 5.41) is 9.39. The second kappa shape index (κ2) is 10.8. The van der Waals surface area contributed by atoms with E-state index in [1.54, 1.807) is 34.9 Å². The van der Waals surface area contributed by atoms with Crippen molar-refractivity contribution >= 4 is 91.3 Å². The summed E-state index contributed by atoms with van der Waals surface area (Å²) >= 11 is 20.5. The molecule has 0 aromatic carbocycles. The molecule has 172 valence electrons. The first-order chi connectivity index (χ1) is 15.7. The lowest BCUT2D eigenvalue weighted by atomic mass is 10.4. The molecule has 0 radical (unpaired) electrons. The Balaban J connectivity index is 1.53. The summed E-state index contributed by atoms with van der Waals surface area (Å²) in [6.45, 7) is 9.97. The van der Waals surface area contributed by atoms with Crippen LogP contribution >= 0.6 is 82.8 Å². The molecule has 0 spiro atoms. The van der Waals surface area contributed by atoms with Gasteiger partial charge in [0.2, 0.25) is 0 Å². The van der Waals surface area contributed by atoms with Gasteiger partial charge in [-0.05, 0) is 6.92 Å². The number of hydrogen-bond donors (Lipinski definition) is 0. The highest BCUT2D eigenvalue weighted by Crippen LogP contribution is 2.47. The number of nitrogens with zero attached hydrogens (tertiary/aromatic N) is 3. The number of thioether (sulfide) groups is 4. The van der Waals surface area contributed by atoms with Crippen LogP contribution in [-0.2, 0) is 16.0 Å². The first-order valence-electron chi connectivity index (χ1n) is 10.4. The van der Waals surface area contributed by atoms with Crippen molar-refractivity contribution < 1.29 is 9.47 Å². The van der Waals surface area contributed by atoms with Gasteiger partial charge in [0.05, 0.1) is 55.7 Å². The largest absolute Gasteiger partial charge is 0.378 e. The highest BCUT2D eigenvalue weighted by atomic mass is 32.2. The van der Waals surface area contributed by atoms with Crippen LogP contribution < -0.4 is 10.7 Å². The molecule has 2 saturated heterocycles. The fourth-order valence-corrected chi connectivity index (χ4v) is 11.0. The topological polar surface area (TPSA) is 29.9 Å². The van der Waals surface area contributed by atoms with Gasteiger partial charge in [0.1, 0.15) is 7.65 Å². The van der Waals surface area contributed by atoms with Crippen molar-refractivity contribution in [2.24, 2.45) is 0 Å². The molecular weight excluding hydrogens is 539 g/mol. The fraction of sp³-hybridized carbons (Fsp3) is 0.500. The Morgan fingerprint density at radius 1 is 0.781 bits per heavy atom. The number of ether oxygens (including phenoxy) is 2. The molecule has 4 aliphatic heterocycles. The summed E-state index contributed by atoms with van der Waals surface area (Å²) in [7, 11) is 0. The minimum atomic E-state index is 0.793. The maximum absolute atomic E-state index is 5.85. The molecular formula is C20H23N3O2S7. The van der Waals surface area contributed by atoms with E-state index in [9.17, 15) is 0 Å². The maximum Gasteiger partial charge on any atom is 0.117 e. The van der Waals surface area contributed by atoms with Gasteiger partial charge in [-0.3, -0.25) is 0 Å². The molecule has 5 nitrogen and oxygen atoms in total. The normalized spacial score (nSPS) is 25.3. The Labute approximate surface area is 219 Å². The van der Waals surface area contributed by atoms with Crippen LogP contribution in [0.25, 0.3) is 8.47 Å². The molecule has 12 heteroatoms. The van der Waals surface area contributed by atoms with Crippen LogP contribution in [0.2, 0.25) is 0 Å². The highest BCUT2D eigenvalue weighted by molar-refractivity contribution is 8.35. The zero-order valence-corrected chi connectivity index (χ0v) is 23.3. The first-order valence-corrected chi connectivity index (χ1v) is 15.5. The molecule has 4 aliphatic rings. The zero-order chi connectivity index (χ0) is 22.1. The summed E-state index contributed by atoms with van der Waals surface area (Å²) in [4.78, 5) is 4.82. The Morgan fingerprint density at radius 2 is 1.22 bits per heavy atom. The van der Waals surface area contributed by atoms with Crippen LogP contribution in [0.4, 0.5) is 0 Å². The van der Waals surface area contributed by atoms with Crippen LogP contribution in [-0.4, -0.2) is 67.0 Å². The summed E-state index contributed by atoms with van der Waals surface area (Å²) in [6, 6.07) is 0. The van der Waals surface area contributed by atoms with Crippen molar-refractivity contribution in [3.63, 3.8) is 0 Å². The van der Waals surface area contributed by atoms with Gasteiger partial charge in [-0.1, -0.05) is 71.5 Å². The van der Waals surface area contributed by atoms with Crippen molar-refractivity contribution in [1.82, 2.24) is 14.4 Å². The molecule has 32 heavy (non-hydrogen) atoms. The standard InChI is InChI=1S/C20H23N3O2S7/c1-2-23-15(19-28-11-13(30-19)21-3-7-24-8-4-21)17(26)32-18(27)16(23)20-29-12-14(31-20)22-5-9-25-10-6-22/h11-12H,2-10H2,1H3/b19-15-,20-16+. The third kappa shape index (κ3) is 4.90. The Kier molecular flexibility index (Phi) is 8.02. The lowest BCUT2D eigenvalue weighted by Crippen LogP contribution is -2.36. The van der Waals surface area contributed by atoms with E-state index in [-0.39, 0.29) is 0 Å². The third-order valence-corrected chi connectivity index (χ3v) is 11.8. The van der Waals surface area contributed by atoms with Gasteiger partial charge in [-0.25, -0.2) is 0 Å². The molecule has 0 atom stereocenters. The molecule has 1 aromatic rings. The minimum absolute atomic E-state index is 0.793. The SMILES string of the molecule is CCn1/c(=C2/SC=C(N3CCOCC3)S2)c(=S)sc(=S)/c1=C1/SC=C(N2CCOCC2)S1. The van der Waals surface area contributed by atoms with E-state index in [1.165, 1.54) is 18.5 Å². The van der Waals surface area contributed by atoms with Crippen LogP contribution in [0.1, 0.15) is 6.92 Å². The van der Waals surface area contributed by atoms with Crippen molar-refractivity contribution in [1.29, 1.82) is 0 Å². The molecule has 2 fully saturated rings. The second-order valence-corrected chi connectivity index (χ2v) is 13.9. The number of aromatic nitrogens is 1. The van der Waals surface area contributed by atoms with Crippen molar-refractivity contribution in [2.45, 2.75) is 13.5 Å². The van der Waals surface area contributed by atoms with E-state index in [0.717, 1.165) is 77.5 Å². The van der Waals surface area contributed by atoms with Crippen LogP contribution in [0, 0.1) is 7.65 Å². The number of rotatable bonds is 3. The van der Waals surface area contributed by atoms with Gasteiger partial charge in [0.25, 0.3) is 0 Å². The molecule has 0 N–H and O–H groups in total. The van der Waals surface area contributed by atoms with E-state index in [4.69, 9.17) is 33.9 Å². The van der Waals surface area contributed by atoms with Crippen LogP contribution in [0.3, 0.4) is 0 Å². The van der Waals surface area contributed by atoms with Gasteiger partial charge < -0.3 is 23.8 Å². The first kappa shape index (κ1) is 23.8. The summed E-state index contributed by atoms with van der Waals surface area (Å²) in [5.74, 6) is 0. The monoisotopic (exact) mass is 561 g/mol. The smallest absolute Gasteiger partial charge is 0.117 e. The van der Waals surface area contributed by atoms with Gasteiger partial charge in [0.15, 0.2) is 0 Å². The summed E-state index contributed by atoms with van der Waals surface area (Å²) in [5.41, 5.74) is 0. The molecule has 0 aliphatic carbocycles. The van der Waals surface area contributed by atoms with E-state index < -0.39 is 0 Å². The predicted octanol–water partition coefficient (Wildman–Crippen LogP) is 4.38. The molecule has 0 unspecified atom stereocenters. The average molecular weight is 562 g/mol. The van der Waals surface area contributed by atoms with Gasteiger partial charge >= 0.3 is 0 Å². The maximum atomic E-state index is 5.85. The molecule has 0 saturated carbocycles. The van der Waals surface area contributed by atoms with Gasteiger partial charge in [-0.15, -0.1) is 11.3 Å². The summed E-state index contributed by atoms with van der Waals surface area (Å²) in [6.07, 6.45) is 0. The molecule has 1 aromatic heterocycles. The zero-order valence-electron chi connectivity index (χ0n) is 17.5. The fourth-order valence-electron chi connectivity index (χ4n) is 3.76. The lowest BCUT2D eigenvalue weighted by Gasteiger charge is -2.28. The average Bonchev–Trinajstić information content (AvgIpc) is 3.50. The van der Waals surface area contributed by atoms with E-state index >= 15 is 0 Å². The van der Waals surface area contributed by atoms with Crippen molar-refractivity contribution in [3.8, 4) is 0 Å². The highest BCUT2D eigenvalue weighted by Gasteiger charge is 2.24. The summed E-state index contributed by atoms with van der Waals surface area (Å²) < 4.78 is 17.6. The Hall–Kier alpha value is 0.0800. The van der Waals surface area contributed by atoms with E-state index in [1.807, 2.05) is 23.5 Å². The van der Waals surface area contributed by atoms with Crippen molar-refractivity contribution in [2.75, 3.05) is 52.6 Å². The van der Waals surface area contributed by atoms with Crippen LogP contribution in [0.15, 0.2) is 20.9 Å². The van der Waals surface area contributed by atoms with Gasteiger partial charge in [0, 0.05) is 43.5 Å². The quantitative estimate of drug-likeness (QED) is 0.496. The number of hydrogen-bond acceptors (Lipinski definition) is 11. The predicted molar refractivity (Wildman–Crippen MR) is 147 cm³/mol. The molecule has 0 amide bonds. The molecule has 0 bridgehead atoms. The Morgan fingerprint density at radius 3 is 1.62 bits per heavy atom. The van der Waals surface area contributed by atoms with E-state index in [2.05, 4.69) is 32.1 Å². The van der Waals surface area contributed by atoms with Crippen LogP contribution in [0.5, 0.6) is 0 Å².